The second-order valence-electron chi connectivity index (χ2n) is 5.48. The van der Waals surface area contributed by atoms with Crippen LogP contribution in [0, 0.1) is 0 Å². The first-order valence-electron chi connectivity index (χ1n) is 7.43. The number of benzene rings is 1. The molecule has 0 amide bonds. The molecule has 1 fully saturated rings. The number of hydrogen-bond donors (Lipinski definition) is 1. The maximum absolute atomic E-state index is 12.1. The highest BCUT2D eigenvalue weighted by Gasteiger charge is 2.20. The Labute approximate surface area is 126 Å². The van der Waals surface area contributed by atoms with Crippen LogP contribution < -0.4 is 10.5 Å². The number of ether oxygens (including phenoxy) is 2. The lowest BCUT2D eigenvalue weighted by molar-refractivity contribution is 0.0451. The molecule has 1 heterocycles. The average molecular weight is 292 g/mol. The van der Waals surface area contributed by atoms with Gasteiger partial charge in [-0.25, -0.2) is 4.79 Å². The SMILES string of the molecule is COc1cccc(C(=O)OCCC2CCCCN2C)c1N. The first-order valence-corrected chi connectivity index (χ1v) is 7.43. The Morgan fingerprint density at radius 1 is 1.43 bits per heavy atom. The Balaban J connectivity index is 1.87. The topological polar surface area (TPSA) is 64.8 Å². The number of rotatable bonds is 5. The molecule has 21 heavy (non-hydrogen) atoms. The van der Waals surface area contributed by atoms with E-state index < -0.39 is 0 Å². The van der Waals surface area contributed by atoms with Gasteiger partial charge >= 0.3 is 5.97 Å². The molecule has 2 N–H and O–H groups in total. The minimum Gasteiger partial charge on any atom is -0.495 e. The number of nitrogen functional groups attached to an aromatic ring is 1. The molecule has 1 unspecified atom stereocenters. The molecular formula is C16H24N2O3. The molecule has 1 aliphatic heterocycles. The van der Waals surface area contributed by atoms with Crippen molar-refractivity contribution < 1.29 is 14.3 Å². The molecule has 0 spiro atoms. The number of nitrogens with two attached hydrogens (primary N) is 1. The maximum Gasteiger partial charge on any atom is 0.340 e. The van der Waals surface area contributed by atoms with Gasteiger partial charge in [-0.1, -0.05) is 12.5 Å². The minimum atomic E-state index is -0.384. The Kier molecular flexibility index (Phi) is 5.44. The number of methoxy groups -OCH3 is 1. The fourth-order valence-electron chi connectivity index (χ4n) is 2.77. The van der Waals surface area contributed by atoms with Crippen molar-refractivity contribution in [3.05, 3.63) is 23.8 Å². The second kappa shape index (κ2) is 7.31. The highest BCUT2D eigenvalue weighted by atomic mass is 16.5. The smallest absolute Gasteiger partial charge is 0.340 e. The number of esters is 1. The number of carbonyl (C=O) groups is 1. The van der Waals surface area contributed by atoms with Crippen LogP contribution in [0.3, 0.4) is 0 Å². The minimum absolute atomic E-state index is 0.333. The zero-order chi connectivity index (χ0) is 15.2. The van der Waals surface area contributed by atoms with E-state index in [4.69, 9.17) is 15.2 Å². The van der Waals surface area contributed by atoms with Gasteiger partial charge in [0.2, 0.25) is 0 Å². The molecule has 0 saturated carbocycles. The van der Waals surface area contributed by atoms with E-state index in [1.807, 2.05) is 0 Å². The average Bonchev–Trinajstić information content (AvgIpc) is 2.49. The van der Waals surface area contributed by atoms with Crippen molar-refractivity contribution in [1.29, 1.82) is 0 Å². The summed E-state index contributed by atoms with van der Waals surface area (Å²) in [5.74, 6) is 0.112. The molecule has 0 aliphatic carbocycles. The van der Waals surface area contributed by atoms with Crippen LogP contribution in [0.1, 0.15) is 36.0 Å². The van der Waals surface area contributed by atoms with Crippen molar-refractivity contribution in [1.82, 2.24) is 4.90 Å². The summed E-state index contributed by atoms with van der Waals surface area (Å²) in [7, 11) is 3.66. The molecule has 1 saturated heterocycles. The van der Waals surface area contributed by atoms with Crippen LogP contribution in [0.25, 0.3) is 0 Å². The van der Waals surface area contributed by atoms with E-state index >= 15 is 0 Å². The third-order valence-corrected chi connectivity index (χ3v) is 4.11. The summed E-state index contributed by atoms with van der Waals surface area (Å²) in [5, 5.41) is 0. The third-order valence-electron chi connectivity index (χ3n) is 4.11. The lowest BCUT2D eigenvalue weighted by Crippen LogP contribution is -2.37. The maximum atomic E-state index is 12.1. The van der Waals surface area contributed by atoms with Gasteiger partial charge in [-0.05, 0) is 45.0 Å². The summed E-state index contributed by atoms with van der Waals surface area (Å²) in [6.45, 7) is 1.55. The van der Waals surface area contributed by atoms with E-state index in [2.05, 4.69) is 11.9 Å². The van der Waals surface area contributed by atoms with Gasteiger partial charge < -0.3 is 20.1 Å². The number of likely N-dealkylation sites (tertiary alicyclic amines) is 1. The summed E-state index contributed by atoms with van der Waals surface area (Å²) in [6.07, 6.45) is 4.56. The van der Waals surface area contributed by atoms with E-state index in [0.29, 0.717) is 29.6 Å². The molecule has 1 aromatic carbocycles. The van der Waals surface area contributed by atoms with Gasteiger partial charge in [-0.3, -0.25) is 0 Å². The van der Waals surface area contributed by atoms with Crippen LogP contribution in [-0.2, 0) is 4.74 Å². The van der Waals surface area contributed by atoms with Gasteiger partial charge in [0.15, 0.2) is 0 Å². The number of para-hydroxylation sites is 1. The van der Waals surface area contributed by atoms with Gasteiger partial charge in [0.1, 0.15) is 5.75 Å². The Morgan fingerprint density at radius 3 is 2.95 bits per heavy atom. The zero-order valence-electron chi connectivity index (χ0n) is 12.8. The van der Waals surface area contributed by atoms with E-state index in [0.717, 1.165) is 13.0 Å². The van der Waals surface area contributed by atoms with Gasteiger partial charge in [0.25, 0.3) is 0 Å². The Morgan fingerprint density at radius 2 is 2.24 bits per heavy atom. The van der Waals surface area contributed by atoms with Gasteiger partial charge in [0.05, 0.1) is 25.0 Å². The lowest BCUT2D eigenvalue weighted by Gasteiger charge is -2.32. The first-order chi connectivity index (χ1) is 10.1. The van der Waals surface area contributed by atoms with Crippen LogP contribution in [0.4, 0.5) is 5.69 Å². The summed E-state index contributed by atoms with van der Waals surface area (Å²) < 4.78 is 10.5. The number of nitrogens with zero attached hydrogens (tertiary/aromatic N) is 1. The third kappa shape index (κ3) is 3.88. The predicted octanol–water partition coefficient (Wildman–Crippen LogP) is 2.31. The number of anilines is 1. The Bertz CT molecular complexity index is 490. The summed E-state index contributed by atoms with van der Waals surface area (Å²) in [6, 6.07) is 5.63. The molecular weight excluding hydrogens is 268 g/mol. The highest BCUT2D eigenvalue weighted by molar-refractivity contribution is 5.96. The molecule has 2 rings (SSSR count). The molecule has 1 atom stereocenters. The van der Waals surface area contributed by atoms with E-state index in [1.54, 1.807) is 18.2 Å². The van der Waals surface area contributed by atoms with Crippen molar-refractivity contribution in [2.75, 3.05) is 33.0 Å². The lowest BCUT2D eigenvalue weighted by atomic mass is 10.0. The van der Waals surface area contributed by atoms with Gasteiger partial charge in [-0.15, -0.1) is 0 Å². The Hall–Kier alpha value is -1.75. The monoisotopic (exact) mass is 292 g/mol. The quantitative estimate of drug-likeness (QED) is 0.666. The molecule has 1 aromatic rings. The molecule has 1 aliphatic rings. The summed E-state index contributed by atoms with van der Waals surface area (Å²) in [5.41, 5.74) is 6.60. The molecule has 0 bridgehead atoms. The zero-order valence-corrected chi connectivity index (χ0v) is 12.8. The van der Waals surface area contributed by atoms with E-state index in [-0.39, 0.29) is 5.97 Å². The van der Waals surface area contributed by atoms with Crippen LogP contribution in [0.5, 0.6) is 5.75 Å². The summed E-state index contributed by atoms with van der Waals surface area (Å²) >= 11 is 0. The normalized spacial score (nSPS) is 19.2. The van der Waals surface area contributed by atoms with Gasteiger partial charge in [0, 0.05) is 6.04 Å². The molecule has 116 valence electrons. The van der Waals surface area contributed by atoms with E-state index in [1.165, 1.54) is 26.4 Å². The first kappa shape index (κ1) is 15.6. The molecule has 0 radical (unpaired) electrons. The van der Waals surface area contributed by atoms with Crippen LogP contribution in [0.15, 0.2) is 18.2 Å². The van der Waals surface area contributed by atoms with Crippen LogP contribution in [-0.4, -0.2) is 44.2 Å². The molecule has 0 aromatic heterocycles. The number of piperidine rings is 1. The molecule has 5 heteroatoms. The van der Waals surface area contributed by atoms with Crippen molar-refractivity contribution in [3.63, 3.8) is 0 Å². The van der Waals surface area contributed by atoms with Crippen LogP contribution >= 0.6 is 0 Å². The van der Waals surface area contributed by atoms with E-state index in [9.17, 15) is 4.79 Å². The van der Waals surface area contributed by atoms with Gasteiger partial charge in [-0.2, -0.15) is 0 Å². The second-order valence-corrected chi connectivity index (χ2v) is 5.48. The van der Waals surface area contributed by atoms with Crippen molar-refractivity contribution in [3.8, 4) is 5.75 Å². The van der Waals surface area contributed by atoms with Crippen molar-refractivity contribution in [2.24, 2.45) is 0 Å². The highest BCUT2D eigenvalue weighted by Crippen LogP contribution is 2.25. The van der Waals surface area contributed by atoms with Crippen molar-refractivity contribution >= 4 is 11.7 Å². The van der Waals surface area contributed by atoms with Crippen molar-refractivity contribution in [2.45, 2.75) is 31.7 Å². The molecule has 5 nitrogen and oxygen atoms in total. The predicted molar refractivity (Wildman–Crippen MR) is 82.6 cm³/mol. The fourth-order valence-corrected chi connectivity index (χ4v) is 2.77. The number of hydrogen-bond acceptors (Lipinski definition) is 5. The standard InChI is InChI=1S/C16H24N2O3/c1-18-10-4-3-6-12(18)9-11-21-16(19)13-7-5-8-14(20-2)15(13)17/h5,7-8,12H,3-4,6,9-11,17H2,1-2H3. The summed E-state index contributed by atoms with van der Waals surface area (Å²) in [4.78, 5) is 14.4. The largest absolute Gasteiger partial charge is 0.495 e. The number of carbonyl (C=O) groups excluding carboxylic acids is 1. The van der Waals surface area contributed by atoms with Crippen LogP contribution in [0.2, 0.25) is 0 Å². The fraction of sp³-hybridized carbons (Fsp3) is 0.562.